The molecule has 10 heteroatoms. The molecule has 2 aromatic heterocycles. The van der Waals surface area contributed by atoms with Gasteiger partial charge in [0.1, 0.15) is 11.6 Å². The van der Waals surface area contributed by atoms with Crippen LogP contribution in [0.3, 0.4) is 0 Å². The van der Waals surface area contributed by atoms with Crippen LogP contribution in [0.4, 0.5) is 4.39 Å². The fourth-order valence-electron chi connectivity index (χ4n) is 4.78. The summed E-state index contributed by atoms with van der Waals surface area (Å²) in [4.78, 5) is 26.0. The summed E-state index contributed by atoms with van der Waals surface area (Å²) in [6.45, 7) is 1.79. The van der Waals surface area contributed by atoms with E-state index in [4.69, 9.17) is 11.6 Å². The van der Waals surface area contributed by atoms with Crippen LogP contribution in [-0.2, 0) is 21.2 Å². The molecule has 1 atom stereocenters. The molecule has 2 aliphatic heterocycles. The summed E-state index contributed by atoms with van der Waals surface area (Å²) < 4.78 is 41.1. The molecule has 2 bridgehead atoms. The van der Waals surface area contributed by atoms with Crippen LogP contribution in [0.15, 0.2) is 53.8 Å². The van der Waals surface area contributed by atoms with Crippen molar-refractivity contribution in [2.45, 2.75) is 49.6 Å². The second kappa shape index (κ2) is 8.79. The van der Waals surface area contributed by atoms with E-state index in [1.54, 1.807) is 19.3 Å². The number of rotatable bonds is 7. The Morgan fingerprint density at radius 1 is 1.12 bits per heavy atom. The zero-order chi connectivity index (χ0) is 24.0. The number of carbonyl (C=O) groups excluding carboxylic acids is 1. The van der Waals surface area contributed by atoms with E-state index >= 15 is 0 Å². The topological polar surface area (TPSA) is 93.1 Å². The lowest BCUT2D eigenvalue weighted by Gasteiger charge is -2.25. The first-order valence-corrected chi connectivity index (χ1v) is 12.8. The number of Topliss-reactive ketones (excluding diaryl/α,β-unsaturated/α-hetero) is 1. The molecule has 34 heavy (non-hydrogen) atoms. The van der Waals surface area contributed by atoms with E-state index in [1.165, 1.54) is 22.6 Å². The van der Waals surface area contributed by atoms with Crippen molar-refractivity contribution in [3.8, 4) is 11.1 Å². The minimum absolute atomic E-state index is 0.00331. The molecule has 4 heterocycles. The average Bonchev–Trinajstić information content (AvgIpc) is 3.37. The van der Waals surface area contributed by atoms with E-state index in [0.717, 1.165) is 23.3 Å². The second-order valence-electron chi connectivity index (χ2n) is 8.76. The fourth-order valence-corrected chi connectivity index (χ4v) is 6.87. The SMILES string of the molecule is Cc1ncc(-c2cc(CCC(=O)[C@@H]3C4CC(C4)N3S(=O)(=O)c3ccc(F)cc3)ncc2Cl)cn1. The summed E-state index contributed by atoms with van der Waals surface area (Å²) in [5, 5.41) is 0.454. The van der Waals surface area contributed by atoms with Crippen LogP contribution in [0, 0.1) is 18.7 Å². The highest BCUT2D eigenvalue weighted by atomic mass is 35.5. The van der Waals surface area contributed by atoms with E-state index in [2.05, 4.69) is 15.0 Å². The van der Waals surface area contributed by atoms with Gasteiger partial charge in [0, 0.05) is 47.9 Å². The van der Waals surface area contributed by atoms with Gasteiger partial charge in [-0.15, -0.1) is 0 Å². The molecule has 0 amide bonds. The first-order chi connectivity index (χ1) is 16.2. The molecule has 176 valence electrons. The molecule has 0 unspecified atom stereocenters. The highest BCUT2D eigenvalue weighted by Gasteiger charge is 2.58. The van der Waals surface area contributed by atoms with Gasteiger partial charge < -0.3 is 0 Å². The van der Waals surface area contributed by atoms with Crippen molar-refractivity contribution in [2.75, 3.05) is 0 Å². The molecular formula is C24H22ClFN4O3S. The highest BCUT2D eigenvalue weighted by molar-refractivity contribution is 7.89. The number of benzene rings is 1. The molecule has 3 aromatic rings. The van der Waals surface area contributed by atoms with Gasteiger partial charge in [-0.2, -0.15) is 4.31 Å². The summed E-state index contributed by atoms with van der Waals surface area (Å²) in [5.41, 5.74) is 2.15. The van der Waals surface area contributed by atoms with Gasteiger partial charge in [-0.3, -0.25) is 9.78 Å². The van der Waals surface area contributed by atoms with Crippen LogP contribution < -0.4 is 0 Å². The molecule has 0 radical (unpaired) electrons. The Morgan fingerprint density at radius 2 is 1.79 bits per heavy atom. The maximum Gasteiger partial charge on any atom is 0.243 e. The van der Waals surface area contributed by atoms with Crippen LogP contribution >= 0.6 is 11.6 Å². The van der Waals surface area contributed by atoms with E-state index in [1.807, 2.05) is 6.07 Å². The van der Waals surface area contributed by atoms with Gasteiger partial charge in [-0.05, 0) is 62.4 Å². The lowest BCUT2D eigenvalue weighted by molar-refractivity contribution is -0.122. The summed E-state index contributed by atoms with van der Waals surface area (Å²) in [6.07, 6.45) is 6.76. The van der Waals surface area contributed by atoms with Gasteiger partial charge >= 0.3 is 0 Å². The molecule has 1 saturated carbocycles. The number of halogens is 2. The normalized spacial score (nSPS) is 21.9. The smallest absolute Gasteiger partial charge is 0.243 e. The van der Waals surface area contributed by atoms with Crippen LogP contribution in [0.5, 0.6) is 0 Å². The second-order valence-corrected chi connectivity index (χ2v) is 11.0. The largest absolute Gasteiger partial charge is 0.298 e. The van der Waals surface area contributed by atoms with Crippen LogP contribution in [0.25, 0.3) is 11.1 Å². The number of pyridine rings is 1. The molecule has 2 saturated heterocycles. The molecule has 3 aliphatic rings. The molecule has 0 N–H and O–H groups in total. The number of hydrogen-bond donors (Lipinski definition) is 0. The van der Waals surface area contributed by atoms with Gasteiger partial charge in [0.05, 0.1) is 16.0 Å². The van der Waals surface area contributed by atoms with Crippen molar-refractivity contribution >= 4 is 27.4 Å². The third-order valence-electron chi connectivity index (χ3n) is 6.58. The van der Waals surface area contributed by atoms with E-state index in [-0.39, 0.29) is 29.1 Å². The Bertz CT molecular complexity index is 1340. The van der Waals surface area contributed by atoms with Gasteiger partial charge in [0.15, 0.2) is 5.78 Å². The number of fused-ring (bicyclic) bond motifs is 1. The molecule has 6 rings (SSSR count). The minimum Gasteiger partial charge on any atom is -0.298 e. The predicted octanol–water partition coefficient (Wildman–Crippen LogP) is 3.99. The van der Waals surface area contributed by atoms with Crippen LogP contribution in [0.2, 0.25) is 5.02 Å². The Hall–Kier alpha value is -2.75. The number of nitrogens with zero attached hydrogens (tertiary/aromatic N) is 4. The monoisotopic (exact) mass is 500 g/mol. The molecule has 3 fully saturated rings. The Kier molecular flexibility index (Phi) is 5.95. The van der Waals surface area contributed by atoms with Crippen molar-refractivity contribution in [1.29, 1.82) is 0 Å². The number of ketones is 1. The fraction of sp³-hybridized carbons (Fsp3) is 0.333. The summed E-state index contributed by atoms with van der Waals surface area (Å²) >= 11 is 6.32. The molecule has 1 aliphatic carbocycles. The molecule has 0 spiro atoms. The molecule has 1 aromatic carbocycles. The standard InChI is InChI=1S/C24H22ClFN4O3S/c1-14-27-11-16(12-28-14)21-10-18(29-13-22(21)25)4-7-23(31)24-15-8-19(9-15)30(24)34(32,33)20-5-2-17(26)3-6-20/h2-3,5-6,10-13,15,19,24H,4,7-9H2,1H3/t15?,19?,24-/m0/s1. The zero-order valence-electron chi connectivity index (χ0n) is 18.4. The minimum atomic E-state index is -3.89. The van der Waals surface area contributed by atoms with E-state index in [9.17, 15) is 17.6 Å². The molecule has 7 nitrogen and oxygen atoms in total. The third-order valence-corrected chi connectivity index (χ3v) is 8.83. The van der Waals surface area contributed by atoms with E-state index < -0.39 is 21.9 Å². The van der Waals surface area contributed by atoms with Crippen LogP contribution in [-0.4, -0.2) is 45.5 Å². The maximum absolute atomic E-state index is 13.3. The van der Waals surface area contributed by atoms with Gasteiger partial charge in [0.2, 0.25) is 10.0 Å². The van der Waals surface area contributed by atoms with Crippen LogP contribution in [0.1, 0.15) is 30.8 Å². The lowest BCUT2D eigenvalue weighted by Crippen LogP contribution is -2.41. The Labute approximate surface area is 202 Å². The zero-order valence-corrected chi connectivity index (χ0v) is 19.9. The van der Waals surface area contributed by atoms with Crippen molar-refractivity contribution in [1.82, 2.24) is 19.3 Å². The van der Waals surface area contributed by atoms with E-state index in [0.29, 0.717) is 35.8 Å². The highest BCUT2D eigenvalue weighted by Crippen LogP contribution is 2.49. The number of hydrogen-bond acceptors (Lipinski definition) is 6. The quantitative estimate of drug-likeness (QED) is 0.487. The van der Waals surface area contributed by atoms with Crippen molar-refractivity contribution in [2.24, 2.45) is 5.92 Å². The van der Waals surface area contributed by atoms with Crippen molar-refractivity contribution in [3.05, 3.63) is 71.3 Å². The van der Waals surface area contributed by atoms with Gasteiger partial charge in [0.25, 0.3) is 0 Å². The number of aryl methyl sites for hydroxylation is 2. The summed E-state index contributed by atoms with van der Waals surface area (Å²) in [7, 11) is -3.89. The summed E-state index contributed by atoms with van der Waals surface area (Å²) in [6, 6.07) is 5.66. The lowest BCUT2D eigenvalue weighted by atomic mass is 9.81. The molecular weight excluding hydrogens is 479 g/mol. The van der Waals surface area contributed by atoms with Crippen molar-refractivity contribution < 1.29 is 17.6 Å². The number of aromatic nitrogens is 3. The first kappa shape index (κ1) is 23.0. The third kappa shape index (κ3) is 4.12. The summed E-state index contributed by atoms with van der Waals surface area (Å²) in [5.74, 6) is 0.0259. The average molecular weight is 501 g/mol. The first-order valence-electron chi connectivity index (χ1n) is 11.0. The predicted molar refractivity (Wildman–Crippen MR) is 124 cm³/mol. The number of carbonyl (C=O) groups is 1. The van der Waals surface area contributed by atoms with Gasteiger partial charge in [-0.1, -0.05) is 11.6 Å². The van der Waals surface area contributed by atoms with Gasteiger partial charge in [-0.25, -0.2) is 22.8 Å². The van der Waals surface area contributed by atoms with Crippen molar-refractivity contribution in [3.63, 3.8) is 0 Å². The maximum atomic E-state index is 13.3. The Morgan fingerprint density at radius 3 is 2.47 bits per heavy atom. The number of sulfonamides is 1. The Balaban J connectivity index is 1.33.